The maximum atomic E-state index is 5.48. The van der Waals surface area contributed by atoms with Gasteiger partial charge in [0.1, 0.15) is 0 Å². The molecule has 5 heteroatoms. The van der Waals surface area contributed by atoms with Gasteiger partial charge in [0.05, 0.1) is 4.88 Å². The largest absolute Gasteiger partial charge is 0.333 e. The Labute approximate surface area is 152 Å². The summed E-state index contributed by atoms with van der Waals surface area (Å²) in [5, 5.41) is 4.14. The zero-order valence-corrected chi connectivity index (χ0v) is 15.2. The normalized spacial score (nSPS) is 16.0. The molecule has 0 saturated carbocycles. The van der Waals surface area contributed by atoms with Crippen LogP contribution >= 0.6 is 11.3 Å². The van der Waals surface area contributed by atoms with Crippen LogP contribution in [0, 0.1) is 0 Å². The first-order valence-corrected chi connectivity index (χ1v) is 9.86. The quantitative estimate of drug-likeness (QED) is 0.663. The van der Waals surface area contributed by atoms with Gasteiger partial charge in [-0.25, -0.2) is 0 Å². The predicted octanol–water partition coefficient (Wildman–Crippen LogP) is 4.76. The number of rotatable bonds is 5. The summed E-state index contributed by atoms with van der Waals surface area (Å²) in [4.78, 5) is 9.58. The number of aromatic nitrogens is 2. The van der Waals surface area contributed by atoms with E-state index in [-0.39, 0.29) is 0 Å². The van der Waals surface area contributed by atoms with Crippen LogP contribution in [-0.4, -0.2) is 28.1 Å². The molecule has 0 spiro atoms. The summed E-state index contributed by atoms with van der Waals surface area (Å²) < 4.78 is 5.48. The zero-order chi connectivity index (χ0) is 16.9. The van der Waals surface area contributed by atoms with Crippen LogP contribution in [-0.2, 0) is 13.0 Å². The predicted molar refractivity (Wildman–Crippen MR) is 101 cm³/mol. The van der Waals surface area contributed by atoms with Crippen molar-refractivity contribution in [3.8, 4) is 10.8 Å². The van der Waals surface area contributed by atoms with E-state index in [1.807, 2.05) is 18.2 Å². The van der Waals surface area contributed by atoms with E-state index in [0.29, 0.717) is 12.3 Å². The second-order valence-corrected chi connectivity index (χ2v) is 7.80. The molecule has 0 unspecified atom stereocenters. The summed E-state index contributed by atoms with van der Waals surface area (Å²) in [5.74, 6) is 1.38. The SMILES string of the molecule is c1ccc(Cc2noc(-c3ccc(CN4CCCCCC4)s3)n2)cc1. The lowest BCUT2D eigenvalue weighted by molar-refractivity contribution is 0.279. The van der Waals surface area contributed by atoms with Gasteiger partial charge in [0.2, 0.25) is 0 Å². The Morgan fingerprint density at radius 2 is 1.76 bits per heavy atom. The smallest absolute Gasteiger partial charge is 0.268 e. The van der Waals surface area contributed by atoms with E-state index < -0.39 is 0 Å². The Bertz CT molecular complexity index is 788. The van der Waals surface area contributed by atoms with Crippen molar-refractivity contribution in [1.82, 2.24) is 15.0 Å². The second kappa shape index (κ2) is 7.93. The van der Waals surface area contributed by atoms with E-state index in [0.717, 1.165) is 17.2 Å². The van der Waals surface area contributed by atoms with E-state index in [4.69, 9.17) is 4.52 Å². The van der Waals surface area contributed by atoms with Crippen LogP contribution in [0.2, 0.25) is 0 Å². The van der Waals surface area contributed by atoms with E-state index in [9.17, 15) is 0 Å². The fourth-order valence-electron chi connectivity index (χ4n) is 3.30. The minimum atomic E-state index is 0.637. The maximum absolute atomic E-state index is 5.48. The van der Waals surface area contributed by atoms with Gasteiger partial charge in [-0.05, 0) is 43.6 Å². The summed E-state index contributed by atoms with van der Waals surface area (Å²) in [6.07, 6.45) is 6.10. The van der Waals surface area contributed by atoms with Gasteiger partial charge in [-0.2, -0.15) is 4.98 Å². The third-order valence-electron chi connectivity index (χ3n) is 4.62. The molecule has 1 fully saturated rings. The van der Waals surface area contributed by atoms with E-state index in [1.165, 1.54) is 49.2 Å². The molecule has 3 aromatic rings. The van der Waals surface area contributed by atoms with Gasteiger partial charge in [0.25, 0.3) is 5.89 Å². The first kappa shape index (κ1) is 16.5. The Hall–Kier alpha value is -1.98. The lowest BCUT2D eigenvalue weighted by Crippen LogP contribution is -2.23. The molecule has 0 atom stereocenters. The number of nitrogens with zero attached hydrogens (tertiary/aromatic N) is 3. The van der Waals surface area contributed by atoms with Crippen molar-refractivity contribution >= 4 is 11.3 Å². The van der Waals surface area contributed by atoms with Crippen molar-refractivity contribution in [1.29, 1.82) is 0 Å². The van der Waals surface area contributed by atoms with Crippen molar-refractivity contribution in [2.24, 2.45) is 0 Å². The van der Waals surface area contributed by atoms with Crippen molar-refractivity contribution in [3.63, 3.8) is 0 Å². The minimum absolute atomic E-state index is 0.637. The van der Waals surface area contributed by atoms with Gasteiger partial charge in [-0.3, -0.25) is 4.90 Å². The molecule has 2 aromatic heterocycles. The molecule has 25 heavy (non-hydrogen) atoms. The number of benzene rings is 1. The van der Waals surface area contributed by atoms with E-state index in [2.05, 4.69) is 39.3 Å². The molecular formula is C20H23N3OS. The van der Waals surface area contributed by atoms with Gasteiger partial charge in [0.15, 0.2) is 5.82 Å². The van der Waals surface area contributed by atoms with Crippen molar-refractivity contribution < 1.29 is 4.52 Å². The first-order valence-electron chi connectivity index (χ1n) is 9.05. The van der Waals surface area contributed by atoms with E-state index in [1.54, 1.807) is 11.3 Å². The molecule has 1 aromatic carbocycles. The molecule has 1 aliphatic rings. The molecule has 1 aliphatic heterocycles. The Morgan fingerprint density at radius 1 is 0.960 bits per heavy atom. The Kier molecular flexibility index (Phi) is 5.23. The summed E-state index contributed by atoms with van der Waals surface area (Å²) in [7, 11) is 0. The molecule has 1 saturated heterocycles. The van der Waals surface area contributed by atoms with Crippen LogP contribution in [0.15, 0.2) is 47.0 Å². The number of hydrogen-bond donors (Lipinski definition) is 0. The van der Waals surface area contributed by atoms with Gasteiger partial charge in [-0.15, -0.1) is 11.3 Å². The molecule has 0 bridgehead atoms. The summed E-state index contributed by atoms with van der Waals surface area (Å²) in [6, 6.07) is 14.6. The molecular weight excluding hydrogens is 330 g/mol. The highest BCUT2D eigenvalue weighted by atomic mass is 32.1. The monoisotopic (exact) mass is 353 g/mol. The zero-order valence-electron chi connectivity index (χ0n) is 14.4. The standard InChI is InChI=1S/C20H23N3OS/c1-2-7-13-23(12-6-1)15-17-10-11-18(25-17)20-21-19(22-24-20)14-16-8-4-3-5-9-16/h3-5,8-11H,1-2,6-7,12-15H2. The Morgan fingerprint density at radius 3 is 2.56 bits per heavy atom. The molecule has 130 valence electrons. The highest BCUT2D eigenvalue weighted by Gasteiger charge is 2.14. The van der Waals surface area contributed by atoms with Gasteiger partial charge < -0.3 is 4.52 Å². The average Bonchev–Trinajstić information content (AvgIpc) is 3.20. The molecule has 4 nitrogen and oxygen atoms in total. The fraction of sp³-hybridized carbons (Fsp3) is 0.400. The van der Waals surface area contributed by atoms with Crippen molar-refractivity contribution in [2.45, 2.75) is 38.6 Å². The molecule has 0 amide bonds. The summed E-state index contributed by atoms with van der Waals surface area (Å²) in [6.45, 7) is 3.47. The number of hydrogen-bond acceptors (Lipinski definition) is 5. The molecule has 0 aliphatic carbocycles. The highest BCUT2D eigenvalue weighted by Crippen LogP contribution is 2.28. The lowest BCUT2D eigenvalue weighted by atomic mass is 10.1. The third-order valence-corrected chi connectivity index (χ3v) is 5.68. The van der Waals surface area contributed by atoms with Gasteiger partial charge in [0, 0.05) is 17.8 Å². The number of thiophene rings is 1. The summed E-state index contributed by atoms with van der Waals surface area (Å²) in [5.41, 5.74) is 1.20. The van der Waals surface area contributed by atoms with Crippen LogP contribution in [0.25, 0.3) is 10.8 Å². The summed E-state index contributed by atoms with van der Waals surface area (Å²) >= 11 is 1.77. The lowest BCUT2D eigenvalue weighted by Gasteiger charge is -2.18. The van der Waals surface area contributed by atoms with Gasteiger partial charge in [-0.1, -0.05) is 48.3 Å². The molecule has 0 radical (unpaired) electrons. The topological polar surface area (TPSA) is 42.2 Å². The Balaban J connectivity index is 1.41. The van der Waals surface area contributed by atoms with Crippen molar-refractivity contribution in [3.05, 3.63) is 58.7 Å². The van der Waals surface area contributed by atoms with Crippen molar-refractivity contribution in [2.75, 3.05) is 13.1 Å². The van der Waals surface area contributed by atoms with Crippen LogP contribution in [0.3, 0.4) is 0 Å². The molecule has 3 heterocycles. The highest BCUT2D eigenvalue weighted by molar-refractivity contribution is 7.15. The average molecular weight is 353 g/mol. The van der Waals surface area contributed by atoms with Crippen LogP contribution < -0.4 is 0 Å². The third kappa shape index (κ3) is 4.35. The maximum Gasteiger partial charge on any atom is 0.268 e. The second-order valence-electron chi connectivity index (χ2n) is 6.63. The minimum Gasteiger partial charge on any atom is -0.333 e. The first-order chi connectivity index (χ1) is 12.4. The fourth-order valence-corrected chi connectivity index (χ4v) is 4.27. The van der Waals surface area contributed by atoms with Crippen LogP contribution in [0.5, 0.6) is 0 Å². The van der Waals surface area contributed by atoms with E-state index >= 15 is 0 Å². The molecule has 0 N–H and O–H groups in total. The number of likely N-dealkylation sites (tertiary alicyclic amines) is 1. The van der Waals surface area contributed by atoms with Crippen LogP contribution in [0.1, 0.15) is 41.9 Å². The molecule has 4 rings (SSSR count). The van der Waals surface area contributed by atoms with Crippen LogP contribution in [0.4, 0.5) is 0 Å². The van der Waals surface area contributed by atoms with Gasteiger partial charge >= 0.3 is 0 Å².